The molecule has 7 heteroatoms. The van der Waals surface area contributed by atoms with E-state index in [1.165, 1.54) is 5.56 Å². The number of nitrogens with zero attached hydrogens (tertiary/aromatic N) is 4. The highest BCUT2D eigenvalue weighted by atomic mass is 16.5. The first-order valence-corrected chi connectivity index (χ1v) is 9.05. The summed E-state index contributed by atoms with van der Waals surface area (Å²) in [6.07, 6.45) is 0.969. The lowest BCUT2D eigenvalue weighted by Crippen LogP contribution is -2.04. The molecule has 0 amide bonds. The molecular weight excluding hydrogens is 342 g/mol. The van der Waals surface area contributed by atoms with Gasteiger partial charge in [-0.3, -0.25) is 0 Å². The van der Waals surface area contributed by atoms with Crippen LogP contribution in [0.3, 0.4) is 0 Å². The Morgan fingerprint density at radius 2 is 1.96 bits per heavy atom. The van der Waals surface area contributed by atoms with Gasteiger partial charge in [-0.1, -0.05) is 47.9 Å². The van der Waals surface area contributed by atoms with Crippen LogP contribution in [0.4, 0.5) is 5.95 Å². The van der Waals surface area contributed by atoms with Crippen LogP contribution in [0.2, 0.25) is 0 Å². The Kier molecular flexibility index (Phi) is 6.25. The quantitative estimate of drug-likeness (QED) is 0.623. The van der Waals surface area contributed by atoms with Crippen LogP contribution in [0.15, 0.2) is 42.5 Å². The van der Waals surface area contributed by atoms with Crippen LogP contribution in [0, 0.1) is 6.92 Å². The van der Waals surface area contributed by atoms with Crippen molar-refractivity contribution in [3.63, 3.8) is 0 Å². The fraction of sp³-hybridized carbons (Fsp3) is 0.350. The summed E-state index contributed by atoms with van der Waals surface area (Å²) in [5.41, 5.74) is 3.39. The molecule has 0 radical (unpaired) electrons. The van der Waals surface area contributed by atoms with Gasteiger partial charge in [-0.2, -0.15) is 4.80 Å². The second-order valence-electron chi connectivity index (χ2n) is 6.33. The van der Waals surface area contributed by atoms with Gasteiger partial charge in [-0.15, -0.1) is 5.10 Å². The van der Waals surface area contributed by atoms with Gasteiger partial charge in [0.15, 0.2) is 11.5 Å². The van der Waals surface area contributed by atoms with E-state index in [-0.39, 0.29) is 0 Å². The number of nitrogens with one attached hydrogen (secondary N) is 1. The van der Waals surface area contributed by atoms with E-state index in [9.17, 15) is 0 Å². The largest absolute Gasteiger partial charge is 0.493 e. The normalized spacial score (nSPS) is 10.6. The van der Waals surface area contributed by atoms with E-state index in [0.29, 0.717) is 24.8 Å². The summed E-state index contributed by atoms with van der Waals surface area (Å²) in [4.78, 5) is 1.59. The molecule has 0 bridgehead atoms. The predicted octanol–water partition coefficient (Wildman–Crippen LogP) is 3.59. The molecule has 0 unspecified atom stereocenters. The number of aryl methyl sites for hydroxylation is 2. The number of benzene rings is 2. The Balaban J connectivity index is 1.61. The summed E-state index contributed by atoms with van der Waals surface area (Å²) in [7, 11) is 1.64. The zero-order chi connectivity index (χ0) is 19.1. The van der Waals surface area contributed by atoms with Crippen molar-refractivity contribution in [2.75, 3.05) is 12.4 Å². The molecule has 3 aromatic rings. The lowest BCUT2D eigenvalue weighted by atomic mass is 10.1. The van der Waals surface area contributed by atoms with Gasteiger partial charge in [0.25, 0.3) is 5.95 Å². The van der Waals surface area contributed by atoms with Crippen LogP contribution in [-0.4, -0.2) is 27.3 Å². The van der Waals surface area contributed by atoms with Gasteiger partial charge in [0, 0.05) is 6.54 Å². The van der Waals surface area contributed by atoms with E-state index < -0.39 is 0 Å². The average Bonchev–Trinajstić information content (AvgIpc) is 3.13. The first-order chi connectivity index (χ1) is 13.2. The Hall–Kier alpha value is -3.09. The Labute approximate surface area is 159 Å². The van der Waals surface area contributed by atoms with Crippen molar-refractivity contribution >= 4 is 5.95 Å². The number of rotatable bonds is 9. The summed E-state index contributed by atoms with van der Waals surface area (Å²) < 4.78 is 11.4. The van der Waals surface area contributed by atoms with Crippen LogP contribution in [0.5, 0.6) is 11.5 Å². The number of ether oxygens (including phenoxy) is 2. The van der Waals surface area contributed by atoms with E-state index in [1.807, 2.05) is 24.3 Å². The minimum Gasteiger partial charge on any atom is -0.493 e. The molecule has 0 aliphatic rings. The second kappa shape index (κ2) is 9.02. The molecule has 1 aromatic heterocycles. The number of anilines is 1. The monoisotopic (exact) mass is 367 g/mol. The smallest absolute Gasteiger partial charge is 0.263 e. The average molecular weight is 367 g/mol. The minimum atomic E-state index is 0.500. The molecule has 0 aliphatic heterocycles. The molecule has 3 rings (SSSR count). The molecule has 0 spiro atoms. The first kappa shape index (κ1) is 18.7. The molecule has 0 saturated heterocycles. The molecular formula is C20H25N5O2. The van der Waals surface area contributed by atoms with E-state index in [1.54, 1.807) is 11.9 Å². The van der Waals surface area contributed by atoms with Gasteiger partial charge in [-0.05, 0) is 41.8 Å². The highest BCUT2D eigenvalue weighted by molar-refractivity contribution is 5.44. The van der Waals surface area contributed by atoms with Crippen molar-refractivity contribution in [1.82, 2.24) is 20.2 Å². The summed E-state index contributed by atoms with van der Waals surface area (Å²) in [6, 6.07) is 14.1. The molecule has 0 atom stereocenters. The Bertz CT molecular complexity index is 878. The number of tetrazole rings is 1. The van der Waals surface area contributed by atoms with Crippen molar-refractivity contribution in [2.24, 2.45) is 0 Å². The molecule has 0 fully saturated rings. The van der Waals surface area contributed by atoms with Crippen molar-refractivity contribution in [3.05, 3.63) is 59.2 Å². The minimum absolute atomic E-state index is 0.500. The van der Waals surface area contributed by atoms with E-state index >= 15 is 0 Å². The lowest BCUT2D eigenvalue weighted by Gasteiger charge is -2.12. The molecule has 2 aromatic carbocycles. The summed E-state index contributed by atoms with van der Waals surface area (Å²) in [5.74, 6) is 1.93. The zero-order valence-corrected chi connectivity index (χ0v) is 16.0. The topological polar surface area (TPSA) is 74.1 Å². The van der Waals surface area contributed by atoms with Gasteiger partial charge < -0.3 is 14.8 Å². The molecule has 142 valence electrons. The fourth-order valence-corrected chi connectivity index (χ4v) is 2.69. The number of hydrogen-bond acceptors (Lipinski definition) is 6. The third kappa shape index (κ3) is 5.20. The van der Waals surface area contributed by atoms with Crippen LogP contribution in [0.25, 0.3) is 0 Å². The van der Waals surface area contributed by atoms with Crippen LogP contribution in [-0.2, 0) is 19.7 Å². The third-order valence-corrected chi connectivity index (χ3v) is 4.03. The molecule has 7 nitrogen and oxygen atoms in total. The molecule has 1 heterocycles. The van der Waals surface area contributed by atoms with Gasteiger partial charge in [0.2, 0.25) is 0 Å². The zero-order valence-electron chi connectivity index (χ0n) is 16.0. The standard InChI is InChI=1S/C20H25N5O2/c1-4-10-25-23-20(22-24-25)21-13-16-8-9-18(19(12-16)26-3)27-14-17-7-5-6-15(2)11-17/h5-9,11-12H,4,10,13-14H2,1-3H3,(H,21,23). The maximum Gasteiger partial charge on any atom is 0.263 e. The van der Waals surface area contributed by atoms with Gasteiger partial charge in [0.1, 0.15) is 6.61 Å². The maximum absolute atomic E-state index is 5.93. The third-order valence-electron chi connectivity index (χ3n) is 4.03. The van der Waals surface area contributed by atoms with E-state index in [0.717, 1.165) is 29.8 Å². The number of aromatic nitrogens is 4. The lowest BCUT2D eigenvalue weighted by molar-refractivity contribution is 0.284. The summed E-state index contributed by atoms with van der Waals surface area (Å²) in [5, 5.41) is 15.4. The van der Waals surface area contributed by atoms with Crippen molar-refractivity contribution in [3.8, 4) is 11.5 Å². The highest BCUT2D eigenvalue weighted by Gasteiger charge is 2.08. The predicted molar refractivity (Wildman–Crippen MR) is 104 cm³/mol. The number of methoxy groups -OCH3 is 1. The summed E-state index contributed by atoms with van der Waals surface area (Å²) in [6.45, 7) is 5.98. The Morgan fingerprint density at radius 1 is 1.07 bits per heavy atom. The Morgan fingerprint density at radius 3 is 2.74 bits per heavy atom. The van der Waals surface area contributed by atoms with E-state index in [2.05, 4.69) is 52.8 Å². The van der Waals surface area contributed by atoms with Crippen molar-refractivity contribution in [2.45, 2.75) is 40.0 Å². The second-order valence-corrected chi connectivity index (χ2v) is 6.33. The molecule has 1 N–H and O–H groups in total. The molecule has 0 aliphatic carbocycles. The van der Waals surface area contributed by atoms with Gasteiger partial charge >= 0.3 is 0 Å². The van der Waals surface area contributed by atoms with Crippen LogP contribution < -0.4 is 14.8 Å². The van der Waals surface area contributed by atoms with E-state index in [4.69, 9.17) is 9.47 Å². The number of hydrogen-bond donors (Lipinski definition) is 1. The highest BCUT2D eigenvalue weighted by Crippen LogP contribution is 2.29. The fourth-order valence-electron chi connectivity index (χ4n) is 2.69. The maximum atomic E-state index is 5.93. The molecule has 0 saturated carbocycles. The summed E-state index contributed by atoms with van der Waals surface area (Å²) >= 11 is 0. The van der Waals surface area contributed by atoms with Crippen molar-refractivity contribution < 1.29 is 9.47 Å². The van der Waals surface area contributed by atoms with Crippen molar-refractivity contribution in [1.29, 1.82) is 0 Å². The van der Waals surface area contributed by atoms with Crippen LogP contribution >= 0.6 is 0 Å². The first-order valence-electron chi connectivity index (χ1n) is 9.05. The van der Waals surface area contributed by atoms with Gasteiger partial charge in [-0.25, -0.2) is 0 Å². The SMILES string of the molecule is CCCn1nnc(NCc2ccc(OCc3cccc(C)c3)c(OC)c2)n1. The van der Waals surface area contributed by atoms with Gasteiger partial charge in [0.05, 0.1) is 13.7 Å². The molecule has 27 heavy (non-hydrogen) atoms. The van der Waals surface area contributed by atoms with Crippen LogP contribution in [0.1, 0.15) is 30.0 Å².